The molecule has 0 radical (unpaired) electrons. The summed E-state index contributed by atoms with van der Waals surface area (Å²) in [5, 5.41) is 18.9. The van der Waals surface area contributed by atoms with Crippen molar-refractivity contribution in [3.05, 3.63) is 0 Å². The van der Waals surface area contributed by atoms with Gasteiger partial charge in [0.25, 0.3) is 0 Å². The van der Waals surface area contributed by atoms with Crippen LogP contribution in [-0.2, 0) is 0 Å². The molecule has 0 fully saturated rings. The van der Waals surface area contributed by atoms with Gasteiger partial charge in [-0.1, -0.05) is 27.7 Å². The maximum absolute atomic E-state index is 10.00. The van der Waals surface area contributed by atoms with Crippen molar-refractivity contribution in [1.29, 1.82) is 5.26 Å². The van der Waals surface area contributed by atoms with Crippen LogP contribution < -0.4 is 0 Å². The molecule has 0 spiro atoms. The van der Waals surface area contributed by atoms with E-state index < -0.39 is 5.60 Å². The third-order valence-electron chi connectivity index (χ3n) is 2.91. The van der Waals surface area contributed by atoms with Crippen molar-refractivity contribution in [1.82, 2.24) is 0 Å². The van der Waals surface area contributed by atoms with E-state index in [0.717, 1.165) is 12.8 Å². The van der Waals surface area contributed by atoms with E-state index in [2.05, 4.69) is 0 Å². The van der Waals surface area contributed by atoms with Crippen LogP contribution >= 0.6 is 0 Å². The molecule has 2 nitrogen and oxygen atoms in total. The topological polar surface area (TPSA) is 44.0 Å². The molecule has 0 aliphatic rings. The van der Waals surface area contributed by atoms with E-state index in [-0.39, 0.29) is 11.8 Å². The zero-order chi connectivity index (χ0) is 9.78. The van der Waals surface area contributed by atoms with Crippen LogP contribution in [0.5, 0.6) is 0 Å². The number of nitriles is 1. The molecule has 0 aliphatic heterocycles. The van der Waals surface area contributed by atoms with Crippen LogP contribution in [0.1, 0.15) is 40.5 Å². The molecule has 0 rings (SSSR count). The normalized spacial score (nSPS) is 20.7. The van der Waals surface area contributed by atoms with Crippen LogP contribution in [0, 0.1) is 23.2 Å². The Morgan fingerprint density at radius 1 is 1.25 bits per heavy atom. The fraction of sp³-hybridized carbons (Fsp3) is 0.900. The smallest absolute Gasteiger partial charge is 0.156 e. The molecule has 0 bridgehead atoms. The van der Waals surface area contributed by atoms with Gasteiger partial charge in [0, 0.05) is 0 Å². The second-order valence-corrected chi connectivity index (χ2v) is 3.56. The van der Waals surface area contributed by atoms with Crippen molar-refractivity contribution in [2.24, 2.45) is 11.8 Å². The molecule has 0 heterocycles. The third kappa shape index (κ3) is 1.98. The van der Waals surface area contributed by atoms with Crippen molar-refractivity contribution in [2.75, 3.05) is 0 Å². The highest BCUT2D eigenvalue weighted by Crippen LogP contribution is 2.29. The summed E-state index contributed by atoms with van der Waals surface area (Å²) in [7, 11) is 0. The van der Waals surface area contributed by atoms with E-state index >= 15 is 0 Å². The van der Waals surface area contributed by atoms with Gasteiger partial charge in [0.2, 0.25) is 0 Å². The van der Waals surface area contributed by atoms with Gasteiger partial charge in [0.05, 0.1) is 6.07 Å². The summed E-state index contributed by atoms with van der Waals surface area (Å²) in [5.74, 6) is 0.106. The zero-order valence-corrected chi connectivity index (χ0v) is 8.46. The highest BCUT2D eigenvalue weighted by molar-refractivity contribution is 5.05. The zero-order valence-electron chi connectivity index (χ0n) is 8.46. The number of hydrogen-bond acceptors (Lipinski definition) is 2. The molecule has 1 N–H and O–H groups in total. The summed E-state index contributed by atoms with van der Waals surface area (Å²) in [6.07, 6.45) is 1.68. The minimum absolute atomic E-state index is 0.0532. The second kappa shape index (κ2) is 4.47. The van der Waals surface area contributed by atoms with E-state index in [9.17, 15) is 5.11 Å². The van der Waals surface area contributed by atoms with Crippen LogP contribution in [0.2, 0.25) is 0 Å². The van der Waals surface area contributed by atoms with E-state index in [0.29, 0.717) is 0 Å². The van der Waals surface area contributed by atoms with Gasteiger partial charge in [-0.15, -0.1) is 0 Å². The Hall–Kier alpha value is -0.550. The van der Waals surface area contributed by atoms with Crippen LogP contribution in [0.4, 0.5) is 0 Å². The molecule has 12 heavy (non-hydrogen) atoms. The molecule has 0 saturated carbocycles. The van der Waals surface area contributed by atoms with Gasteiger partial charge in [0.15, 0.2) is 5.60 Å². The molecular weight excluding hydrogens is 150 g/mol. The fourth-order valence-electron chi connectivity index (χ4n) is 1.33. The van der Waals surface area contributed by atoms with Gasteiger partial charge >= 0.3 is 0 Å². The quantitative estimate of drug-likeness (QED) is 0.656. The van der Waals surface area contributed by atoms with E-state index in [1.165, 1.54) is 0 Å². The summed E-state index contributed by atoms with van der Waals surface area (Å²) in [6.45, 7) is 7.84. The molecule has 2 atom stereocenters. The van der Waals surface area contributed by atoms with Crippen LogP contribution in [-0.4, -0.2) is 10.7 Å². The van der Waals surface area contributed by atoms with Crippen LogP contribution in [0.25, 0.3) is 0 Å². The molecule has 2 heteroatoms. The number of rotatable bonds is 4. The highest BCUT2D eigenvalue weighted by Gasteiger charge is 2.37. The standard InChI is InChI=1S/C10H19NO/c1-5-8(3)10(12,7-11)9(4)6-2/h8-9,12H,5-6H2,1-4H3. The van der Waals surface area contributed by atoms with E-state index in [1.54, 1.807) is 0 Å². The Morgan fingerprint density at radius 2 is 1.58 bits per heavy atom. The average Bonchev–Trinajstić information content (AvgIpc) is 2.13. The van der Waals surface area contributed by atoms with Gasteiger partial charge in [-0.2, -0.15) is 5.26 Å². The summed E-state index contributed by atoms with van der Waals surface area (Å²) in [6, 6.07) is 2.04. The van der Waals surface area contributed by atoms with Gasteiger partial charge in [0.1, 0.15) is 0 Å². The SMILES string of the molecule is CCC(C)C(O)(C#N)C(C)CC. The molecule has 0 saturated heterocycles. The Bertz CT molecular complexity index is 161. The Kier molecular flexibility index (Phi) is 4.26. The molecule has 0 aromatic carbocycles. The summed E-state index contributed by atoms with van der Waals surface area (Å²) in [4.78, 5) is 0. The number of nitrogens with zero attached hydrogens (tertiary/aromatic N) is 1. The van der Waals surface area contributed by atoms with Crippen molar-refractivity contribution >= 4 is 0 Å². The highest BCUT2D eigenvalue weighted by atomic mass is 16.3. The molecule has 0 amide bonds. The van der Waals surface area contributed by atoms with Crippen molar-refractivity contribution in [3.8, 4) is 6.07 Å². The maximum Gasteiger partial charge on any atom is 0.156 e. The first-order chi connectivity index (χ1) is 5.52. The lowest BCUT2D eigenvalue weighted by Crippen LogP contribution is -2.41. The molecule has 70 valence electrons. The first-order valence-electron chi connectivity index (χ1n) is 4.66. The van der Waals surface area contributed by atoms with Crippen LogP contribution in [0.15, 0.2) is 0 Å². The number of aliphatic hydroxyl groups is 1. The second-order valence-electron chi connectivity index (χ2n) is 3.56. The lowest BCUT2D eigenvalue weighted by molar-refractivity contribution is -0.00896. The first kappa shape index (κ1) is 11.4. The number of hydrogen-bond donors (Lipinski definition) is 1. The first-order valence-corrected chi connectivity index (χ1v) is 4.66. The molecule has 0 aromatic rings. The minimum Gasteiger partial charge on any atom is -0.375 e. The largest absolute Gasteiger partial charge is 0.375 e. The molecule has 0 aliphatic carbocycles. The van der Waals surface area contributed by atoms with Crippen molar-refractivity contribution in [2.45, 2.75) is 46.1 Å². The Morgan fingerprint density at radius 3 is 1.75 bits per heavy atom. The molecule has 2 unspecified atom stereocenters. The van der Waals surface area contributed by atoms with E-state index in [1.807, 2.05) is 33.8 Å². The molecular formula is C10H19NO. The van der Waals surface area contributed by atoms with Crippen molar-refractivity contribution < 1.29 is 5.11 Å². The maximum atomic E-state index is 10.00. The Balaban J connectivity index is 4.57. The van der Waals surface area contributed by atoms with Gasteiger partial charge in [-0.05, 0) is 24.7 Å². The third-order valence-corrected chi connectivity index (χ3v) is 2.91. The predicted molar refractivity (Wildman–Crippen MR) is 49.5 cm³/mol. The molecule has 0 aromatic heterocycles. The lowest BCUT2D eigenvalue weighted by Gasteiger charge is -2.31. The van der Waals surface area contributed by atoms with Crippen LogP contribution in [0.3, 0.4) is 0 Å². The summed E-state index contributed by atoms with van der Waals surface area (Å²) < 4.78 is 0. The summed E-state index contributed by atoms with van der Waals surface area (Å²) >= 11 is 0. The Labute approximate surface area is 75.2 Å². The average molecular weight is 169 g/mol. The van der Waals surface area contributed by atoms with Gasteiger partial charge in [-0.25, -0.2) is 0 Å². The summed E-state index contributed by atoms with van der Waals surface area (Å²) in [5.41, 5.74) is -1.14. The lowest BCUT2D eigenvalue weighted by atomic mass is 9.77. The van der Waals surface area contributed by atoms with Gasteiger partial charge in [-0.3, -0.25) is 0 Å². The van der Waals surface area contributed by atoms with E-state index in [4.69, 9.17) is 5.26 Å². The van der Waals surface area contributed by atoms with Gasteiger partial charge < -0.3 is 5.11 Å². The monoisotopic (exact) mass is 169 g/mol. The fourth-order valence-corrected chi connectivity index (χ4v) is 1.33. The predicted octanol–water partition coefficient (Wildman–Crippen LogP) is 2.33. The minimum atomic E-state index is -1.14. The van der Waals surface area contributed by atoms with Crippen molar-refractivity contribution in [3.63, 3.8) is 0 Å².